The van der Waals surface area contributed by atoms with Crippen LogP contribution in [0.2, 0.25) is 10.0 Å². The van der Waals surface area contributed by atoms with Gasteiger partial charge in [0.2, 0.25) is 0 Å². The van der Waals surface area contributed by atoms with E-state index in [4.69, 9.17) is 27.9 Å². The average Bonchev–Trinajstić information content (AvgIpc) is 2.38. The fraction of sp³-hybridized carbons (Fsp3) is 0.133. The van der Waals surface area contributed by atoms with Crippen molar-refractivity contribution in [2.75, 3.05) is 0 Å². The number of halogens is 2. The van der Waals surface area contributed by atoms with Gasteiger partial charge in [0.25, 0.3) is 0 Å². The molecular weight excluding hydrogens is 283 g/mol. The number of ether oxygens (including phenoxy) is 1. The van der Waals surface area contributed by atoms with Crippen molar-refractivity contribution in [2.45, 2.75) is 13.5 Å². The van der Waals surface area contributed by atoms with E-state index in [9.17, 15) is 4.79 Å². The molecule has 0 amide bonds. The predicted molar refractivity (Wildman–Crippen MR) is 77.2 cm³/mol. The highest BCUT2D eigenvalue weighted by Crippen LogP contribution is 2.26. The second-order valence-corrected chi connectivity index (χ2v) is 4.89. The lowest BCUT2D eigenvalue weighted by Gasteiger charge is -2.10. The molecule has 2 rings (SSSR count). The van der Waals surface area contributed by atoms with Gasteiger partial charge in [-0.3, -0.25) is 4.79 Å². The summed E-state index contributed by atoms with van der Waals surface area (Å²) in [5.41, 5.74) is 1.35. The number of ketones is 1. The van der Waals surface area contributed by atoms with Crippen molar-refractivity contribution in [3.05, 3.63) is 63.6 Å². The molecule has 0 atom stereocenters. The number of Topliss-reactive ketones (excluding diaryl/α,β-unsaturated/α-hetero) is 1. The maximum Gasteiger partial charge on any atom is 0.159 e. The molecule has 4 heteroatoms. The van der Waals surface area contributed by atoms with Crippen LogP contribution in [0.25, 0.3) is 0 Å². The van der Waals surface area contributed by atoms with Crippen molar-refractivity contribution in [3.8, 4) is 5.75 Å². The Hall–Kier alpha value is -1.51. The van der Waals surface area contributed by atoms with Crippen molar-refractivity contribution in [1.29, 1.82) is 0 Å². The van der Waals surface area contributed by atoms with Gasteiger partial charge in [-0.25, -0.2) is 0 Å². The van der Waals surface area contributed by atoms with Crippen molar-refractivity contribution in [2.24, 2.45) is 0 Å². The smallest absolute Gasteiger partial charge is 0.159 e. The molecule has 0 saturated heterocycles. The number of benzene rings is 2. The maximum atomic E-state index is 11.3. The van der Waals surface area contributed by atoms with Crippen molar-refractivity contribution < 1.29 is 9.53 Å². The van der Waals surface area contributed by atoms with Crippen LogP contribution in [0.1, 0.15) is 22.8 Å². The molecule has 0 aliphatic heterocycles. The Labute approximate surface area is 121 Å². The molecule has 19 heavy (non-hydrogen) atoms. The van der Waals surface area contributed by atoms with Gasteiger partial charge < -0.3 is 4.74 Å². The Kier molecular flexibility index (Phi) is 4.46. The number of hydrogen-bond donors (Lipinski definition) is 0. The van der Waals surface area contributed by atoms with Gasteiger partial charge in [-0.1, -0.05) is 41.4 Å². The molecule has 0 radical (unpaired) electrons. The lowest BCUT2D eigenvalue weighted by molar-refractivity contribution is 0.101. The minimum Gasteiger partial charge on any atom is -0.489 e. The van der Waals surface area contributed by atoms with Crippen LogP contribution in [0, 0.1) is 0 Å². The number of carbonyl (C=O) groups is 1. The van der Waals surface area contributed by atoms with E-state index in [1.807, 2.05) is 0 Å². The highest BCUT2D eigenvalue weighted by atomic mass is 35.5. The van der Waals surface area contributed by atoms with E-state index < -0.39 is 0 Å². The topological polar surface area (TPSA) is 26.3 Å². The van der Waals surface area contributed by atoms with Crippen molar-refractivity contribution in [3.63, 3.8) is 0 Å². The summed E-state index contributed by atoms with van der Waals surface area (Å²) in [6, 6.07) is 12.3. The molecular formula is C15H12Cl2O2. The van der Waals surface area contributed by atoms with Crippen LogP contribution in [0.5, 0.6) is 5.75 Å². The molecule has 98 valence electrons. The highest BCUT2D eigenvalue weighted by molar-refractivity contribution is 6.35. The quantitative estimate of drug-likeness (QED) is 0.759. The lowest BCUT2D eigenvalue weighted by Crippen LogP contribution is -1.99. The molecule has 0 aliphatic carbocycles. The molecule has 2 nitrogen and oxygen atoms in total. The van der Waals surface area contributed by atoms with Gasteiger partial charge in [0.1, 0.15) is 12.4 Å². The SMILES string of the molecule is CC(=O)c1cccc(OCc2c(Cl)cccc2Cl)c1. The number of hydrogen-bond acceptors (Lipinski definition) is 2. The zero-order chi connectivity index (χ0) is 13.8. The Morgan fingerprint density at radius 1 is 1.11 bits per heavy atom. The molecule has 0 unspecified atom stereocenters. The first-order valence-corrected chi connectivity index (χ1v) is 6.50. The van der Waals surface area contributed by atoms with Crippen LogP contribution < -0.4 is 4.74 Å². The minimum absolute atomic E-state index is 0.00114. The first kappa shape index (κ1) is 13.9. The molecule has 0 saturated carbocycles. The fourth-order valence-corrected chi connectivity index (χ4v) is 2.14. The van der Waals surface area contributed by atoms with Crippen LogP contribution in [-0.2, 0) is 6.61 Å². The van der Waals surface area contributed by atoms with Crippen molar-refractivity contribution in [1.82, 2.24) is 0 Å². The normalized spacial score (nSPS) is 10.3. The highest BCUT2D eigenvalue weighted by Gasteiger charge is 2.07. The van der Waals surface area contributed by atoms with Gasteiger partial charge in [-0.05, 0) is 31.2 Å². The van der Waals surface area contributed by atoms with E-state index in [0.29, 0.717) is 21.4 Å². The van der Waals surface area contributed by atoms with E-state index in [0.717, 1.165) is 5.56 Å². The zero-order valence-electron chi connectivity index (χ0n) is 10.3. The summed E-state index contributed by atoms with van der Waals surface area (Å²) in [6.45, 7) is 1.78. The van der Waals surface area contributed by atoms with E-state index >= 15 is 0 Å². The van der Waals surface area contributed by atoms with Crippen molar-refractivity contribution >= 4 is 29.0 Å². The Morgan fingerprint density at radius 2 is 1.74 bits per heavy atom. The molecule has 0 aliphatic rings. The lowest BCUT2D eigenvalue weighted by atomic mass is 10.1. The van der Waals surface area contributed by atoms with Crippen LogP contribution in [0.4, 0.5) is 0 Å². The molecule has 0 fully saturated rings. The van der Waals surface area contributed by atoms with E-state index in [2.05, 4.69) is 0 Å². The summed E-state index contributed by atoms with van der Waals surface area (Å²) in [6.07, 6.45) is 0. The zero-order valence-corrected chi connectivity index (χ0v) is 11.8. The molecule has 0 spiro atoms. The molecule has 0 heterocycles. The van der Waals surface area contributed by atoms with Gasteiger partial charge in [0.15, 0.2) is 5.78 Å². The standard InChI is InChI=1S/C15H12Cl2O2/c1-10(18)11-4-2-5-12(8-11)19-9-13-14(16)6-3-7-15(13)17/h2-8H,9H2,1H3. The van der Waals surface area contributed by atoms with E-state index in [1.54, 1.807) is 42.5 Å². The summed E-state index contributed by atoms with van der Waals surface area (Å²) in [5.74, 6) is 0.616. The van der Waals surface area contributed by atoms with Gasteiger partial charge in [-0.15, -0.1) is 0 Å². The van der Waals surface area contributed by atoms with Gasteiger partial charge in [0, 0.05) is 21.2 Å². The minimum atomic E-state index is 0.00114. The molecule has 0 bridgehead atoms. The first-order chi connectivity index (χ1) is 9.08. The summed E-state index contributed by atoms with van der Waals surface area (Å²) < 4.78 is 5.62. The monoisotopic (exact) mass is 294 g/mol. The fourth-order valence-electron chi connectivity index (χ4n) is 1.63. The summed E-state index contributed by atoms with van der Waals surface area (Å²) in [7, 11) is 0. The Bertz CT molecular complexity index is 589. The second kappa shape index (κ2) is 6.09. The first-order valence-electron chi connectivity index (χ1n) is 5.74. The maximum absolute atomic E-state index is 11.3. The number of carbonyl (C=O) groups excluding carboxylic acids is 1. The van der Waals surface area contributed by atoms with Gasteiger partial charge >= 0.3 is 0 Å². The molecule has 0 N–H and O–H groups in total. The Morgan fingerprint density at radius 3 is 2.37 bits per heavy atom. The second-order valence-electron chi connectivity index (χ2n) is 4.07. The molecule has 0 aromatic heterocycles. The van der Waals surface area contributed by atoms with Crippen LogP contribution in [0.3, 0.4) is 0 Å². The molecule has 2 aromatic rings. The largest absolute Gasteiger partial charge is 0.489 e. The third-order valence-corrected chi connectivity index (χ3v) is 3.39. The van der Waals surface area contributed by atoms with Crippen LogP contribution >= 0.6 is 23.2 Å². The van der Waals surface area contributed by atoms with Gasteiger partial charge in [-0.2, -0.15) is 0 Å². The molecule has 2 aromatic carbocycles. The predicted octanol–water partition coefficient (Wildman–Crippen LogP) is 4.78. The summed E-state index contributed by atoms with van der Waals surface area (Å²) >= 11 is 12.1. The van der Waals surface area contributed by atoms with E-state index in [1.165, 1.54) is 6.92 Å². The van der Waals surface area contributed by atoms with Crippen LogP contribution in [-0.4, -0.2) is 5.78 Å². The third-order valence-electron chi connectivity index (χ3n) is 2.69. The summed E-state index contributed by atoms with van der Waals surface area (Å²) in [4.78, 5) is 11.3. The summed E-state index contributed by atoms with van der Waals surface area (Å²) in [5, 5.41) is 1.13. The third kappa shape index (κ3) is 3.49. The van der Waals surface area contributed by atoms with E-state index in [-0.39, 0.29) is 12.4 Å². The number of rotatable bonds is 4. The Balaban J connectivity index is 2.15. The average molecular weight is 295 g/mol. The van der Waals surface area contributed by atoms with Gasteiger partial charge in [0.05, 0.1) is 0 Å². The van der Waals surface area contributed by atoms with Crippen LogP contribution in [0.15, 0.2) is 42.5 Å².